The van der Waals surface area contributed by atoms with E-state index in [4.69, 9.17) is 9.84 Å². The van der Waals surface area contributed by atoms with Gasteiger partial charge in [0.2, 0.25) is 10.0 Å². The van der Waals surface area contributed by atoms with Crippen LogP contribution in [0.25, 0.3) is 0 Å². The Morgan fingerprint density at radius 1 is 1.45 bits per heavy atom. The van der Waals surface area contributed by atoms with Crippen molar-refractivity contribution >= 4 is 16.0 Å². The molecule has 1 saturated heterocycles. The van der Waals surface area contributed by atoms with Crippen molar-refractivity contribution < 1.29 is 23.1 Å². The van der Waals surface area contributed by atoms with Crippen LogP contribution in [0.1, 0.15) is 25.3 Å². The van der Waals surface area contributed by atoms with Crippen molar-refractivity contribution in [3.8, 4) is 0 Å². The fourth-order valence-electron chi connectivity index (χ4n) is 2.57. The topological polar surface area (TPSA) is 83.9 Å². The van der Waals surface area contributed by atoms with Crippen molar-refractivity contribution in [1.82, 2.24) is 4.31 Å². The summed E-state index contributed by atoms with van der Waals surface area (Å²) in [4.78, 5) is 12.0. The maximum absolute atomic E-state index is 12.7. The number of aliphatic hydroxyl groups is 1. The van der Waals surface area contributed by atoms with Gasteiger partial charge in [-0.3, -0.25) is 4.79 Å². The number of hydrogen-bond acceptors (Lipinski definition) is 5. The summed E-state index contributed by atoms with van der Waals surface area (Å²) in [6, 6.07) is 6.23. The maximum atomic E-state index is 12.7. The van der Waals surface area contributed by atoms with Crippen LogP contribution in [0.15, 0.2) is 29.2 Å². The van der Waals surface area contributed by atoms with E-state index in [-0.39, 0.29) is 24.0 Å². The summed E-state index contributed by atoms with van der Waals surface area (Å²) in [6.45, 7) is 2.34. The summed E-state index contributed by atoms with van der Waals surface area (Å²) in [5, 5.41) is 9.14. The Morgan fingerprint density at radius 3 is 2.91 bits per heavy atom. The highest BCUT2D eigenvalue weighted by molar-refractivity contribution is 7.89. The summed E-state index contributed by atoms with van der Waals surface area (Å²) >= 11 is 0. The van der Waals surface area contributed by atoms with Crippen LogP contribution in [0.3, 0.4) is 0 Å². The van der Waals surface area contributed by atoms with Gasteiger partial charge in [0.1, 0.15) is 0 Å². The molecule has 1 fully saturated rings. The van der Waals surface area contributed by atoms with Gasteiger partial charge in [0.05, 0.1) is 24.0 Å². The molecule has 6 nitrogen and oxygen atoms in total. The number of ether oxygens (including phenoxy) is 1. The molecule has 0 radical (unpaired) electrons. The van der Waals surface area contributed by atoms with E-state index in [1.165, 1.54) is 16.4 Å². The maximum Gasteiger partial charge on any atom is 0.310 e. The molecule has 1 atom stereocenters. The summed E-state index contributed by atoms with van der Waals surface area (Å²) in [5.41, 5.74) is 0.542. The highest BCUT2D eigenvalue weighted by Gasteiger charge is 2.33. The molecule has 1 N–H and O–H groups in total. The lowest BCUT2D eigenvalue weighted by Crippen LogP contribution is -2.42. The zero-order valence-electron chi connectivity index (χ0n) is 12.6. The van der Waals surface area contributed by atoms with Crippen molar-refractivity contribution in [1.29, 1.82) is 0 Å². The Bertz CT molecular complexity index is 629. The largest absolute Gasteiger partial charge is 0.466 e. The minimum absolute atomic E-state index is 0.142. The Hall–Kier alpha value is -1.44. The van der Waals surface area contributed by atoms with Crippen LogP contribution >= 0.6 is 0 Å². The molecule has 0 aliphatic carbocycles. The fourth-order valence-corrected chi connectivity index (χ4v) is 4.16. The van der Waals surface area contributed by atoms with Crippen LogP contribution in [0.4, 0.5) is 0 Å². The Balaban J connectivity index is 2.19. The minimum Gasteiger partial charge on any atom is -0.466 e. The first-order valence-corrected chi connectivity index (χ1v) is 8.79. The lowest BCUT2D eigenvalue weighted by atomic mass is 10.0. The van der Waals surface area contributed by atoms with Gasteiger partial charge in [-0.25, -0.2) is 8.42 Å². The first-order chi connectivity index (χ1) is 10.5. The van der Waals surface area contributed by atoms with Gasteiger partial charge in [0, 0.05) is 13.1 Å². The van der Waals surface area contributed by atoms with Crippen molar-refractivity contribution in [2.75, 3.05) is 19.7 Å². The Morgan fingerprint density at radius 2 is 2.23 bits per heavy atom. The van der Waals surface area contributed by atoms with E-state index in [0.29, 0.717) is 31.6 Å². The highest BCUT2D eigenvalue weighted by atomic mass is 32.2. The monoisotopic (exact) mass is 327 g/mol. The van der Waals surface area contributed by atoms with Gasteiger partial charge in [0.25, 0.3) is 0 Å². The van der Waals surface area contributed by atoms with Gasteiger partial charge in [-0.05, 0) is 37.5 Å². The van der Waals surface area contributed by atoms with Crippen LogP contribution < -0.4 is 0 Å². The number of hydrogen-bond donors (Lipinski definition) is 1. The molecule has 1 aromatic rings. The van der Waals surface area contributed by atoms with E-state index in [2.05, 4.69) is 0 Å². The van der Waals surface area contributed by atoms with E-state index in [1.54, 1.807) is 19.1 Å². The second-order valence-electron chi connectivity index (χ2n) is 5.26. The average Bonchev–Trinajstić information content (AvgIpc) is 2.55. The first kappa shape index (κ1) is 16.9. The smallest absolute Gasteiger partial charge is 0.310 e. The third kappa shape index (κ3) is 3.66. The molecule has 7 heteroatoms. The molecular formula is C15H21NO5S. The number of sulfonamides is 1. The normalized spacial score (nSPS) is 19.8. The van der Waals surface area contributed by atoms with Crippen molar-refractivity contribution in [3.05, 3.63) is 29.8 Å². The molecule has 1 aliphatic rings. The van der Waals surface area contributed by atoms with Gasteiger partial charge < -0.3 is 9.84 Å². The first-order valence-electron chi connectivity index (χ1n) is 7.35. The molecule has 122 valence electrons. The molecule has 0 aromatic heterocycles. The van der Waals surface area contributed by atoms with Crippen LogP contribution in [0, 0.1) is 5.92 Å². The molecule has 0 bridgehead atoms. The van der Waals surface area contributed by atoms with Crippen molar-refractivity contribution in [2.24, 2.45) is 5.92 Å². The molecule has 0 amide bonds. The third-order valence-corrected chi connectivity index (χ3v) is 5.58. The van der Waals surface area contributed by atoms with Gasteiger partial charge in [0.15, 0.2) is 0 Å². The number of aliphatic hydroxyl groups excluding tert-OH is 1. The SMILES string of the molecule is CCOC(=O)[C@H]1CCCN(S(=O)(=O)c2cccc(CO)c2)C1. The predicted octanol–water partition coefficient (Wildman–Crippen LogP) is 1.14. The number of esters is 1. The van der Waals surface area contributed by atoms with Gasteiger partial charge in [-0.2, -0.15) is 4.31 Å². The van der Waals surface area contributed by atoms with Gasteiger partial charge in [-0.15, -0.1) is 0 Å². The van der Waals surface area contributed by atoms with Crippen LogP contribution in [0.2, 0.25) is 0 Å². The zero-order valence-corrected chi connectivity index (χ0v) is 13.4. The molecule has 0 saturated carbocycles. The Kier molecular flexibility index (Phi) is 5.55. The average molecular weight is 327 g/mol. The molecule has 2 rings (SSSR count). The summed E-state index contributed by atoms with van der Waals surface area (Å²) in [5.74, 6) is -0.754. The summed E-state index contributed by atoms with van der Waals surface area (Å²) < 4.78 is 31.7. The third-order valence-electron chi connectivity index (χ3n) is 3.72. The molecule has 1 aliphatic heterocycles. The second-order valence-corrected chi connectivity index (χ2v) is 7.20. The highest BCUT2D eigenvalue weighted by Crippen LogP contribution is 2.25. The molecule has 22 heavy (non-hydrogen) atoms. The van der Waals surface area contributed by atoms with E-state index in [0.717, 1.165) is 0 Å². The predicted molar refractivity (Wildman–Crippen MR) is 80.5 cm³/mol. The molecular weight excluding hydrogens is 306 g/mol. The number of benzene rings is 1. The van der Waals surface area contributed by atoms with Crippen LogP contribution in [-0.2, 0) is 26.2 Å². The quantitative estimate of drug-likeness (QED) is 0.820. The minimum atomic E-state index is -3.66. The van der Waals surface area contributed by atoms with Gasteiger partial charge >= 0.3 is 5.97 Å². The lowest BCUT2D eigenvalue weighted by Gasteiger charge is -2.30. The van der Waals surface area contributed by atoms with E-state index in [9.17, 15) is 13.2 Å². The Labute approximate surface area is 130 Å². The lowest BCUT2D eigenvalue weighted by molar-refractivity contribution is -0.149. The molecule has 1 aromatic carbocycles. The number of nitrogens with zero attached hydrogens (tertiary/aromatic N) is 1. The molecule has 0 unspecified atom stereocenters. The number of rotatable bonds is 5. The van der Waals surface area contributed by atoms with Crippen LogP contribution in [0.5, 0.6) is 0 Å². The standard InChI is InChI=1S/C15H21NO5S/c1-2-21-15(18)13-6-4-8-16(10-13)22(19,20)14-7-3-5-12(9-14)11-17/h3,5,7,9,13,17H,2,4,6,8,10-11H2,1H3/t13-/m0/s1. The zero-order chi connectivity index (χ0) is 16.2. The molecule has 1 heterocycles. The number of carbonyl (C=O) groups is 1. The van der Waals surface area contributed by atoms with Crippen LogP contribution in [-0.4, -0.2) is 43.5 Å². The number of piperidine rings is 1. The number of carbonyl (C=O) groups excluding carboxylic acids is 1. The van der Waals surface area contributed by atoms with E-state index in [1.807, 2.05) is 0 Å². The van der Waals surface area contributed by atoms with Gasteiger partial charge in [-0.1, -0.05) is 12.1 Å². The van der Waals surface area contributed by atoms with E-state index >= 15 is 0 Å². The van der Waals surface area contributed by atoms with Crippen molar-refractivity contribution in [3.63, 3.8) is 0 Å². The summed E-state index contributed by atoms with van der Waals surface area (Å²) in [6.07, 6.45) is 1.27. The summed E-state index contributed by atoms with van der Waals surface area (Å²) in [7, 11) is -3.66. The second kappa shape index (κ2) is 7.21. The molecule has 0 spiro atoms. The fraction of sp³-hybridized carbons (Fsp3) is 0.533. The van der Waals surface area contributed by atoms with Crippen molar-refractivity contribution in [2.45, 2.75) is 31.3 Å². The van der Waals surface area contributed by atoms with E-state index < -0.39 is 15.9 Å².